The van der Waals surface area contributed by atoms with E-state index < -0.39 is 10.0 Å². The van der Waals surface area contributed by atoms with E-state index in [0.717, 1.165) is 50.6 Å². The standard InChI is InChI=1S/C70H50N2S/c1-6-23-51(24-7-1)53-29-20-31-57(45-53)71(59-33-22-40-64(49-59)73(61-34-10-3-11-35-61,62-36-12-4-13-37-62)63-38-14-5-15-39-63)60-43-44-65(67(50-60)52-25-8-2-9-26-52)56-30-21-32-58(46-56)72-69-42-19-18-41-66(69)68-47-54-27-16-17-28-55(54)48-70(68)72/h1-50H. The van der Waals surface area contributed by atoms with Crippen LogP contribution in [0.2, 0.25) is 0 Å². The Morgan fingerprint density at radius 1 is 0.260 bits per heavy atom. The van der Waals surface area contributed by atoms with Gasteiger partial charge in [0.2, 0.25) is 0 Å². The molecule has 0 fully saturated rings. The summed E-state index contributed by atoms with van der Waals surface area (Å²) in [5, 5.41) is 4.98. The van der Waals surface area contributed by atoms with Gasteiger partial charge in [-0.15, -0.1) is 10.0 Å². The highest BCUT2D eigenvalue weighted by molar-refractivity contribution is 8.34. The summed E-state index contributed by atoms with van der Waals surface area (Å²) in [6, 6.07) is 112. The lowest BCUT2D eigenvalue weighted by molar-refractivity contribution is 1.18. The minimum atomic E-state index is -1.97. The third-order valence-electron chi connectivity index (χ3n) is 14.2. The van der Waals surface area contributed by atoms with Gasteiger partial charge in [0.05, 0.1) is 11.0 Å². The number of hydrogen-bond donors (Lipinski definition) is 0. The molecule has 0 atom stereocenters. The Morgan fingerprint density at radius 3 is 1.42 bits per heavy atom. The number of nitrogens with zero attached hydrogens (tertiary/aromatic N) is 2. The Hall–Kier alpha value is -9.15. The van der Waals surface area contributed by atoms with Gasteiger partial charge in [-0.1, -0.05) is 194 Å². The van der Waals surface area contributed by atoms with E-state index >= 15 is 0 Å². The molecule has 0 aliphatic heterocycles. The molecule has 13 aromatic rings. The maximum atomic E-state index is 2.45. The zero-order valence-corrected chi connectivity index (χ0v) is 41.0. The molecule has 12 aromatic carbocycles. The lowest BCUT2D eigenvalue weighted by Gasteiger charge is -2.42. The van der Waals surface area contributed by atoms with Crippen molar-refractivity contribution in [2.24, 2.45) is 0 Å². The van der Waals surface area contributed by atoms with Crippen molar-refractivity contribution in [1.29, 1.82) is 0 Å². The molecule has 3 heteroatoms. The number of aromatic nitrogens is 1. The van der Waals surface area contributed by atoms with Crippen LogP contribution < -0.4 is 4.90 Å². The maximum Gasteiger partial charge on any atom is 0.0547 e. The second-order valence-corrected chi connectivity index (χ2v) is 21.6. The number of anilines is 3. The van der Waals surface area contributed by atoms with Gasteiger partial charge in [0.1, 0.15) is 0 Å². The minimum Gasteiger partial charge on any atom is -0.310 e. The van der Waals surface area contributed by atoms with Crippen molar-refractivity contribution in [2.45, 2.75) is 19.6 Å². The van der Waals surface area contributed by atoms with E-state index in [1.165, 1.54) is 57.7 Å². The molecule has 2 nitrogen and oxygen atoms in total. The molecule has 346 valence electrons. The van der Waals surface area contributed by atoms with Crippen molar-refractivity contribution in [3.05, 3.63) is 303 Å². The first kappa shape index (κ1) is 43.8. The topological polar surface area (TPSA) is 8.17 Å². The molecular weight excluding hydrogens is 901 g/mol. The molecular formula is C70H50N2S. The average Bonchev–Trinajstić information content (AvgIpc) is 3.79. The number of benzene rings is 12. The van der Waals surface area contributed by atoms with Crippen LogP contribution in [0, 0.1) is 0 Å². The molecule has 0 amide bonds. The van der Waals surface area contributed by atoms with E-state index in [1.807, 2.05) is 0 Å². The van der Waals surface area contributed by atoms with Crippen LogP contribution in [-0.2, 0) is 0 Å². The van der Waals surface area contributed by atoms with Crippen molar-refractivity contribution in [1.82, 2.24) is 4.57 Å². The molecule has 0 bridgehead atoms. The quantitative estimate of drug-likeness (QED) is 0.125. The van der Waals surface area contributed by atoms with Crippen molar-refractivity contribution >= 4 is 59.7 Å². The molecule has 0 unspecified atom stereocenters. The summed E-state index contributed by atoms with van der Waals surface area (Å²) in [7, 11) is -1.97. The zero-order chi connectivity index (χ0) is 48.6. The molecule has 1 aromatic heterocycles. The summed E-state index contributed by atoms with van der Waals surface area (Å²) >= 11 is 0. The van der Waals surface area contributed by atoms with Gasteiger partial charge in [-0.3, -0.25) is 0 Å². The fraction of sp³-hybridized carbons (Fsp3) is 0. The van der Waals surface area contributed by atoms with Crippen LogP contribution in [0.25, 0.3) is 71.6 Å². The largest absolute Gasteiger partial charge is 0.310 e. The molecule has 0 radical (unpaired) electrons. The van der Waals surface area contributed by atoms with Gasteiger partial charge in [0.15, 0.2) is 0 Å². The van der Waals surface area contributed by atoms with Crippen LogP contribution in [0.5, 0.6) is 0 Å². The highest BCUT2D eigenvalue weighted by Gasteiger charge is 2.34. The molecule has 0 saturated heterocycles. The molecule has 0 N–H and O–H groups in total. The summed E-state index contributed by atoms with van der Waals surface area (Å²) in [4.78, 5) is 7.57. The second-order valence-electron chi connectivity index (χ2n) is 18.5. The predicted molar refractivity (Wildman–Crippen MR) is 309 cm³/mol. The first-order valence-corrected chi connectivity index (χ1v) is 26.6. The number of hydrogen-bond acceptors (Lipinski definition) is 1. The summed E-state index contributed by atoms with van der Waals surface area (Å²) in [5.41, 5.74) is 13.7. The van der Waals surface area contributed by atoms with Gasteiger partial charge in [0.25, 0.3) is 0 Å². The minimum absolute atomic E-state index is 1.06. The first-order chi connectivity index (χ1) is 36.2. The highest BCUT2D eigenvalue weighted by Crippen LogP contribution is 2.73. The van der Waals surface area contributed by atoms with Gasteiger partial charge in [-0.25, -0.2) is 0 Å². The third-order valence-corrected chi connectivity index (χ3v) is 18.1. The Bertz CT molecular complexity index is 3980. The van der Waals surface area contributed by atoms with Crippen molar-refractivity contribution in [3.8, 4) is 39.1 Å². The van der Waals surface area contributed by atoms with E-state index in [4.69, 9.17) is 0 Å². The molecule has 0 aliphatic rings. The summed E-state index contributed by atoms with van der Waals surface area (Å²) in [6.07, 6.45) is 0. The molecule has 0 aliphatic carbocycles. The first-order valence-electron chi connectivity index (χ1n) is 25.0. The Balaban J connectivity index is 1.02. The van der Waals surface area contributed by atoms with Crippen LogP contribution in [0.15, 0.2) is 323 Å². The van der Waals surface area contributed by atoms with Crippen LogP contribution >= 0.6 is 10.0 Å². The normalized spacial score (nSPS) is 11.8. The SMILES string of the molecule is c1ccc(-c2cccc(N(c3cccc(S(c4ccccc4)(c4ccccc4)c4ccccc4)c3)c3ccc(-c4cccc(-n5c6ccccc6c6cc7ccccc7cc65)c4)c(-c4ccccc4)c3)c2)cc1. The van der Waals surface area contributed by atoms with E-state index in [2.05, 4.69) is 313 Å². The Kier molecular flexibility index (Phi) is 11.3. The van der Waals surface area contributed by atoms with Gasteiger partial charge in [0, 0.05) is 53.1 Å². The highest BCUT2D eigenvalue weighted by atomic mass is 32.3. The molecule has 13 rings (SSSR count). The predicted octanol–water partition coefficient (Wildman–Crippen LogP) is 19.7. The molecule has 1 heterocycles. The van der Waals surface area contributed by atoms with E-state index in [0.29, 0.717) is 0 Å². The fourth-order valence-electron chi connectivity index (χ4n) is 10.9. The second kappa shape index (κ2) is 18.9. The van der Waals surface area contributed by atoms with Crippen LogP contribution in [-0.4, -0.2) is 4.57 Å². The average molecular weight is 951 g/mol. The molecule has 73 heavy (non-hydrogen) atoms. The maximum absolute atomic E-state index is 2.45. The van der Waals surface area contributed by atoms with Crippen molar-refractivity contribution in [3.63, 3.8) is 0 Å². The zero-order valence-electron chi connectivity index (χ0n) is 40.2. The van der Waals surface area contributed by atoms with E-state index in [1.54, 1.807) is 0 Å². The van der Waals surface area contributed by atoms with Crippen LogP contribution in [0.4, 0.5) is 17.1 Å². The summed E-state index contributed by atoms with van der Waals surface area (Å²) in [6.45, 7) is 0. The number of para-hydroxylation sites is 1. The monoisotopic (exact) mass is 950 g/mol. The van der Waals surface area contributed by atoms with E-state index in [-0.39, 0.29) is 0 Å². The van der Waals surface area contributed by atoms with Crippen LogP contribution in [0.3, 0.4) is 0 Å². The van der Waals surface area contributed by atoms with Gasteiger partial charge in [-0.05, 0) is 153 Å². The fourth-order valence-corrected chi connectivity index (χ4v) is 14.8. The Morgan fingerprint density at radius 2 is 0.753 bits per heavy atom. The van der Waals surface area contributed by atoms with Crippen molar-refractivity contribution in [2.75, 3.05) is 4.90 Å². The summed E-state index contributed by atoms with van der Waals surface area (Å²) in [5.74, 6) is 0. The van der Waals surface area contributed by atoms with Crippen LogP contribution in [0.1, 0.15) is 0 Å². The van der Waals surface area contributed by atoms with Gasteiger partial charge < -0.3 is 9.47 Å². The summed E-state index contributed by atoms with van der Waals surface area (Å²) < 4.78 is 2.44. The van der Waals surface area contributed by atoms with E-state index in [9.17, 15) is 0 Å². The lowest BCUT2D eigenvalue weighted by Crippen LogP contribution is -2.12. The smallest absolute Gasteiger partial charge is 0.0547 e. The van der Waals surface area contributed by atoms with Crippen molar-refractivity contribution < 1.29 is 0 Å². The Labute approximate surface area is 428 Å². The number of rotatable bonds is 11. The third kappa shape index (κ3) is 7.88. The lowest BCUT2D eigenvalue weighted by atomic mass is 9.93. The van der Waals surface area contributed by atoms with Gasteiger partial charge >= 0.3 is 0 Å². The van der Waals surface area contributed by atoms with Gasteiger partial charge in [-0.2, -0.15) is 0 Å². The number of fused-ring (bicyclic) bond motifs is 4. The molecule has 0 spiro atoms. The molecule has 0 saturated carbocycles.